The van der Waals surface area contributed by atoms with Crippen molar-refractivity contribution in [3.05, 3.63) is 58.1 Å². The van der Waals surface area contributed by atoms with E-state index in [1.165, 1.54) is 5.56 Å². The molecule has 2 rings (SSSR count). The Morgan fingerprint density at radius 1 is 1.18 bits per heavy atom. The Morgan fingerprint density at radius 2 is 1.91 bits per heavy atom. The molecule has 0 saturated heterocycles. The van der Waals surface area contributed by atoms with E-state index in [-0.39, 0.29) is 6.04 Å². The summed E-state index contributed by atoms with van der Waals surface area (Å²) < 4.78 is 12.2. The van der Waals surface area contributed by atoms with E-state index in [0.29, 0.717) is 13.2 Å². The Morgan fingerprint density at radius 3 is 2.55 bits per heavy atom. The quantitative estimate of drug-likeness (QED) is 0.772. The van der Waals surface area contributed by atoms with Gasteiger partial charge in [-0.15, -0.1) is 0 Å². The van der Waals surface area contributed by atoms with Crippen molar-refractivity contribution >= 4 is 15.9 Å². The summed E-state index contributed by atoms with van der Waals surface area (Å²) in [6.07, 6.45) is 0. The average molecular weight is 364 g/mol. The first kappa shape index (κ1) is 16.8. The molecule has 0 amide bonds. The molecule has 22 heavy (non-hydrogen) atoms. The van der Waals surface area contributed by atoms with Gasteiger partial charge in [0.05, 0.1) is 13.7 Å². The first-order valence-corrected chi connectivity index (χ1v) is 8.22. The van der Waals surface area contributed by atoms with E-state index in [1.54, 1.807) is 7.11 Å². The summed E-state index contributed by atoms with van der Waals surface area (Å²) in [5, 5.41) is 3.54. The lowest BCUT2D eigenvalue weighted by molar-refractivity contribution is 0.306. The highest BCUT2D eigenvalue weighted by atomic mass is 79.9. The van der Waals surface area contributed by atoms with Gasteiger partial charge in [0, 0.05) is 22.6 Å². The number of rotatable bonds is 7. The molecule has 1 unspecified atom stereocenters. The number of nitrogens with one attached hydrogen (secondary N) is 1. The maximum Gasteiger partial charge on any atom is 0.165 e. The molecule has 118 valence electrons. The van der Waals surface area contributed by atoms with Gasteiger partial charge in [-0.1, -0.05) is 46.3 Å². The lowest BCUT2D eigenvalue weighted by Gasteiger charge is -2.18. The van der Waals surface area contributed by atoms with E-state index >= 15 is 0 Å². The van der Waals surface area contributed by atoms with Crippen molar-refractivity contribution in [3.8, 4) is 11.5 Å². The molecule has 1 atom stereocenters. The second-order valence-corrected chi connectivity index (χ2v) is 5.96. The van der Waals surface area contributed by atoms with Gasteiger partial charge in [0.25, 0.3) is 0 Å². The molecule has 0 aliphatic carbocycles. The number of ether oxygens (including phenoxy) is 2. The number of halogens is 1. The van der Waals surface area contributed by atoms with Crippen LogP contribution in [0.5, 0.6) is 11.5 Å². The Balaban J connectivity index is 2.16. The first-order chi connectivity index (χ1) is 10.7. The predicted molar refractivity (Wildman–Crippen MR) is 93.6 cm³/mol. The third kappa shape index (κ3) is 4.24. The molecule has 2 aromatic carbocycles. The van der Waals surface area contributed by atoms with E-state index in [1.807, 2.05) is 19.1 Å². The summed E-state index contributed by atoms with van der Waals surface area (Å²) in [7, 11) is 1.66. The van der Waals surface area contributed by atoms with Crippen molar-refractivity contribution in [1.29, 1.82) is 0 Å². The molecule has 0 radical (unpaired) electrons. The molecule has 1 N–H and O–H groups in total. The normalized spacial score (nSPS) is 12.0. The van der Waals surface area contributed by atoms with Gasteiger partial charge in [-0.2, -0.15) is 0 Å². The van der Waals surface area contributed by atoms with Gasteiger partial charge < -0.3 is 14.8 Å². The predicted octanol–water partition coefficient (Wildman–Crippen LogP) is 4.71. The van der Waals surface area contributed by atoms with Gasteiger partial charge >= 0.3 is 0 Å². The van der Waals surface area contributed by atoms with Crippen molar-refractivity contribution in [2.24, 2.45) is 0 Å². The molecular weight excluding hydrogens is 342 g/mol. The summed E-state index contributed by atoms with van der Waals surface area (Å²) >= 11 is 3.53. The van der Waals surface area contributed by atoms with E-state index in [9.17, 15) is 0 Å². The molecule has 0 aromatic heterocycles. The van der Waals surface area contributed by atoms with Crippen LogP contribution < -0.4 is 14.8 Å². The molecule has 0 fully saturated rings. The van der Waals surface area contributed by atoms with Crippen LogP contribution in [0.15, 0.2) is 46.9 Å². The zero-order chi connectivity index (χ0) is 15.9. The molecule has 0 bridgehead atoms. The molecule has 0 aliphatic rings. The highest BCUT2D eigenvalue weighted by Crippen LogP contribution is 2.35. The minimum absolute atomic E-state index is 0.264. The smallest absolute Gasteiger partial charge is 0.165 e. The molecule has 4 heteroatoms. The lowest BCUT2D eigenvalue weighted by atomic mass is 10.1. The summed E-state index contributed by atoms with van der Waals surface area (Å²) in [5.41, 5.74) is 2.35. The fourth-order valence-electron chi connectivity index (χ4n) is 2.34. The van der Waals surface area contributed by atoms with Gasteiger partial charge in [-0.3, -0.25) is 0 Å². The van der Waals surface area contributed by atoms with Crippen molar-refractivity contribution in [2.75, 3.05) is 13.7 Å². The summed E-state index contributed by atoms with van der Waals surface area (Å²) in [4.78, 5) is 0. The van der Waals surface area contributed by atoms with Crippen LogP contribution in [0.3, 0.4) is 0 Å². The van der Waals surface area contributed by atoms with E-state index in [0.717, 1.165) is 21.5 Å². The summed E-state index contributed by atoms with van der Waals surface area (Å²) in [6, 6.07) is 14.7. The van der Waals surface area contributed by atoms with Gasteiger partial charge in [-0.25, -0.2) is 0 Å². The van der Waals surface area contributed by atoms with Crippen LogP contribution in [-0.4, -0.2) is 13.7 Å². The van der Waals surface area contributed by atoms with E-state index < -0.39 is 0 Å². The highest BCUT2D eigenvalue weighted by Gasteiger charge is 2.13. The molecule has 0 spiro atoms. The minimum Gasteiger partial charge on any atom is -0.493 e. The van der Waals surface area contributed by atoms with Gasteiger partial charge in [0.1, 0.15) is 0 Å². The summed E-state index contributed by atoms with van der Waals surface area (Å²) in [5.74, 6) is 1.56. The second kappa shape index (κ2) is 8.20. The minimum atomic E-state index is 0.264. The number of methoxy groups -OCH3 is 1. The average Bonchev–Trinajstić information content (AvgIpc) is 2.55. The van der Waals surface area contributed by atoms with Crippen LogP contribution in [0.2, 0.25) is 0 Å². The maximum absolute atomic E-state index is 5.77. The van der Waals surface area contributed by atoms with Crippen molar-refractivity contribution in [3.63, 3.8) is 0 Å². The standard InChI is InChI=1S/C18H22BrNO2/c1-4-22-18-15(10-16(19)11-17(18)21-3)12-20-13(2)14-8-6-5-7-9-14/h5-11,13,20H,4,12H2,1-3H3. The Bertz CT molecular complexity index is 602. The van der Waals surface area contributed by atoms with E-state index in [2.05, 4.69) is 58.5 Å². The number of hydrogen-bond donors (Lipinski definition) is 1. The molecule has 0 heterocycles. The topological polar surface area (TPSA) is 30.5 Å². The monoisotopic (exact) mass is 363 g/mol. The largest absolute Gasteiger partial charge is 0.493 e. The van der Waals surface area contributed by atoms with Gasteiger partial charge in [0.15, 0.2) is 11.5 Å². The first-order valence-electron chi connectivity index (χ1n) is 7.43. The fourth-order valence-corrected chi connectivity index (χ4v) is 2.82. The molecular formula is C18H22BrNO2. The Labute approximate surface area is 140 Å². The third-order valence-electron chi connectivity index (χ3n) is 3.50. The number of benzene rings is 2. The van der Waals surface area contributed by atoms with Gasteiger partial charge in [0.2, 0.25) is 0 Å². The van der Waals surface area contributed by atoms with Crippen LogP contribution >= 0.6 is 15.9 Å². The van der Waals surface area contributed by atoms with Crippen LogP contribution in [0.25, 0.3) is 0 Å². The summed E-state index contributed by atoms with van der Waals surface area (Å²) in [6.45, 7) is 5.45. The van der Waals surface area contributed by atoms with Crippen molar-refractivity contribution in [2.45, 2.75) is 26.4 Å². The number of hydrogen-bond acceptors (Lipinski definition) is 3. The van der Waals surface area contributed by atoms with Crippen LogP contribution in [0.4, 0.5) is 0 Å². The zero-order valence-electron chi connectivity index (χ0n) is 13.2. The van der Waals surface area contributed by atoms with Gasteiger partial charge in [-0.05, 0) is 31.5 Å². The highest BCUT2D eigenvalue weighted by molar-refractivity contribution is 9.10. The van der Waals surface area contributed by atoms with Crippen molar-refractivity contribution in [1.82, 2.24) is 5.32 Å². The van der Waals surface area contributed by atoms with Crippen LogP contribution in [0.1, 0.15) is 31.0 Å². The molecule has 3 nitrogen and oxygen atoms in total. The van der Waals surface area contributed by atoms with Crippen molar-refractivity contribution < 1.29 is 9.47 Å². The lowest BCUT2D eigenvalue weighted by Crippen LogP contribution is -2.18. The molecule has 0 aliphatic heterocycles. The second-order valence-electron chi connectivity index (χ2n) is 5.04. The van der Waals surface area contributed by atoms with Crippen LogP contribution in [-0.2, 0) is 6.54 Å². The molecule has 0 saturated carbocycles. The molecule has 2 aromatic rings. The van der Waals surface area contributed by atoms with Crippen LogP contribution in [0, 0.1) is 0 Å². The zero-order valence-corrected chi connectivity index (χ0v) is 14.8. The maximum atomic E-state index is 5.77. The van der Waals surface area contributed by atoms with E-state index in [4.69, 9.17) is 9.47 Å². The Kier molecular flexibility index (Phi) is 6.28. The fraction of sp³-hybridized carbons (Fsp3) is 0.333. The SMILES string of the molecule is CCOc1c(CNC(C)c2ccccc2)cc(Br)cc1OC. The third-order valence-corrected chi connectivity index (χ3v) is 3.96. The Hall–Kier alpha value is -1.52.